The molecule has 33 heavy (non-hydrogen) atoms. The number of methoxy groups -OCH3 is 1. The van der Waals surface area contributed by atoms with Crippen molar-refractivity contribution < 1.29 is 23.8 Å². The Morgan fingerprint density at radius 2 is 1.88 bits per heavy atom. The maximum Gasteiger partial charge on any atom is 0.296 e. The highest BCUT2D eigenvalue weighted by Gasteiger charge is 2.46. The number of ketones is 1. The van der Waals surface area contributed by atoms with Crippen LogP contribution in [-0.2, 0) is 16.1 Å². The van der Waals surface area contributed by atoms with Crippen molar-refractivity contribution in [2.24, 2.45) is 0 Å². The summed E-state index contributed by atoms with van der Waals surface area (Å²) in [6.07, 6.45) is 1.51. The van der Waals surface area contributed by atoms with Crippen LogP contribution in [0.3, 0.4) is 0 Å². The molecule has 1 unspecified atom stereocenters. The van der Waals surface area contributed by atoms with Crippen LogP contribution in [-0.4, -0.2) is 28.8 Å². The van der Waals surface area contributed by atoms with E-state index in [1.165, 1.54) is 24.3 Å². The van der Waals surface area contributed by atoms with Crippen LogP contribution in [0.2, 0.25) is 5.02 Å². The van der Waals surface area contributed by atoms with Crippen molar-refractivity contribution in [3.63, 3.8) is 0 Å². The molecule has 1 saturated heterocycles. The van der Waals surface area contributed by atoms with Crippen molar-refractivity contribution in [3.05, 3.63) is 93.9 Å². The van der Waals surface area contributed by atoms with E-state index in [1.807, 2.05) is 24.3 Å². The van der Waals surface area contributed by atoms with Gasteiger partial charge < -0.3 is 19.2 Å². The molecule has 7 heteroatoms. The largest absolute Gasteiger partial charge is 0.507 e. The molecule has 1 atom stereocenters. The molecule has 1 fully saturated rings. The highest BCUT2D eigenvalue weighted by Crippen LogP contribution is 2.42. The minimum absolute atomic E-state index is 0.0287. The van der Waals surface area contributed by atoms with Crippen LogP contribution in [0.5, 0.6) is 5.75 Å². The smallest absolute Gasteiger partial charge is 0.296 e. The van der Waals surface area contributed by atoms with Gasteiger partial charge in [0.25, 0.3) is 11.7 Å². The molecule has 1 aromatic heterocycles. The number of carbonyl (C=O) groups is 2. The van der Waals surface area contributed by atoms with E-state index in [2.05, 4.69) is 13.8 Å². The molecule has 1 aliphatic rings. The summed E-state index contributed by atoms with van der Waals surface area (Å²) in [6, 6.07) is 15.1. The van der Waals surface area contributed by atoms with Gasteiger partial charge in [-0.3, -0.25) is 9.59 Å². The molecule has 1 amide bonds. The molecule has 3 aromatic rings. The number of amides is 1. The molecule has 0 radical (unpaired) electrons. The Kier molecular flexibility index (Phi) is 6.29. The zero-order chi connectivity index (χ0) is 23.7. The van der Waals surface area contributed by atoms with E-state index in [4.69, 9.17) is 20.8 Å². The van der Waals surface area contributed by atoms with Crippen LogP contribution in [0.4, 0.5) is 0 Å². The number of carbonyl (C=O) groups excluding carboxylic acids is 2. The molecule has 2 heterocycles. The Balaban J connectivity index is 1.88. The number of hydrogen-bond donors (Lipinski definition) is 1. The van der Waals surface area contributed by atoms with E-state index in [-0.39, 0.29) is 28.5 Å². The van der Waals surface area contributed by atoms with E-state index in [9.17, 15) is 14.7 Å². The summed E-state index contributed by atoms with van der Waals surface area (Å²) in [7, 11) is 1.49. The highest BCUT2D eigenvalue weighted by atomic mass is 35.5. The summed E-state index contributed by atoms with van der Waals surface area (Å²) in [4.78, 5) is 27.7. The second-order valence-corrected chi connectivity index (χ2v) is 8.58. The molecule has 0 spiro atoms. The van der Waals surface area contributed by atoms with Gasteiger partial charge in [-0.1, -0.05) is 49.7 Å². The molecule has 4 rings (SSSR count). The highest BCUT2D eigenvalue weighted by molar-refractivity contribution is 6.47. The average molecular weight is 466 g/mol. The second-order valence-electron chi connectivity index (χ2n) is 8.17. The van der Waals surface area contributed by atoms with Crippen LogP contribution in [0.1, 0.15) is 48.3 Å². The van der Waals surface area contributed by atoms with Crippen molar-refractivity contribution in [2.75, 3.05) is 7.11 Å². The maximum atomic E-state index is 13.2. The van der Waals surface area contributed by atoms with Gasteiger partial charge in [-0.05, 0) is 47.4 Å². The third-order valence-corrected chi connectivity index (χ3v) is 6.12. The van der Waals surface area contributed by atoms with Crippen LogP contribution in [0.25, 0.3) is 5.76 Å². The van der Waals surface area contributed by atoms with Crippen molar-refractivity contribution in [1.29, 1.82) is 0 Å². The summed E-state index contributed by atoms with van der Waals surface area (Å²) < 4.78 is 10.7. The van der Waals surface area contributed by atoms with Gasteiger partial charge in [0.15, 0.2) is 0 Å². The van der Waals surface area contributed by atoms with Gasteiger partial charge in [-0.2, -0.15) is 0 Å². The van der Waals surface area contributed by atoms with Gasteiger partial charge >= 0.3 is 0 Å². The predicted molar refractivity (Wildman–Crippen MR) is 125 cm³/mol. The van der Waals surface area contributed by atoms with Gasteiger partial charge in [0.2, 0.25) is 0 Å². The lowest BCUT2D eigenvalue weighted by atomic mass is 9.93. The predicted octanol–water partition coefficient (Wildman–Crippen LogP) is 5.69. The number of rotatable bonds is 6. The minimum Gasteiger partial charge on any atom is -0.507 e. The first kappa shape index (κ1) is 22.7. The zero-order valence-electron chi connectivity index (χ0n) is 18.5. The third-order valence-electron chi connectivity index (χ3n) is 5.79. The maximum absolute atomic E-state index is 13.2. The molecule has 0 saturated carbocycles. The Hall–Kier alpha value is -3.51. The van der Waals surface area contributed by atoms with Gasteiger partial charge in [0.05, 0.1) is 36.6 Å². The number of aliphatic hydroxyl groups is 1. The van der Waals surface area contributed by atoms with Crippen LogP contribution in [0, 0.1) is 0 Å². The Morgan fingerprint density at radius 1 is 1.15 bits per heavy atom. The Bertz CT molecular complexity index is 1210. The van der Waals surface area contributed by atoms with E-state index in [0.717, 1.165) is 5.56 Å². The molecule has 2 aromatic carbocycles. The summed E-state index contributed by atoms with van der Waals surface area (Å²) in [6.45, 7) is 4.25. The van der Waals surface area contributed by atoms with Crippen LogP contribution >= 0.6 is 11.6 Å². The van der Waals surface area contributed by atoms with E-state index >= 15 is 0 Å². The van der Waals surface area contributed by atoms with Crippen molar-refractivity contribution in [3.8, 4) is 5.75 Å². The minimum atomic E-state index is -0.807. The lowest BCUT2D eigenvalue weighted by Gasteiger charge is -2.25. The zero-order valence-corrected chi connectivity index (χ0v) is 19.3. The van der Waals surface area contributed by atoms with Gasteiger partial charge in [0, 0.05) is 5.56 Å². The summed E-state index contributed by atoms with van der Waals surface area (Å²) in [5.41, 5.74) is 2.01. The quantitative estimate of drug-likeness (QED) is 0.287. The lowest BCUT2D eigenvalue weighted by molar-refractivity contribution is -0.140. The van der Waals surface area contributed by atoms with Crippen molar-refractivity contribution in [2.45, 2.75) is 32.4 Å². The van der Waals surface area contributed by atoms with E-state index in [1.54, 1.807) is 24.3 Å². The molecule has 1 N–H and O–H groups in total. The third kappa shape index (κ3) is 4.26. The fourth-order valence-electron chi connectivity index (χ4n) is 3.98. The van der Waals surface area contributed by atoms with E-state index < -0.39 is 17.7 Å². The number of aliphatic hydroxyl groups excluding tert-OH is 1. The average Bonchev–Trinajstić information content (AvgIpc) is 3.41. The number of ether oxygens (including phenoxy) is 1. The first-order valence-corrected chi connectivity index (χ1v) is 10.9. The number of likely N-dealkylation sites (tertiary alicyclic amines) is 1. The molecular formula is C26H24ClNO5. The van der Waals surface area contributed by atoms with Crippen LogP contribution < -0.4 is 4.74 Å². The summed E-state index contributed by atoms with van der Waals surface area (Å²) in [5, 5.41) is 11.5. The first-order chi connectivity index (χ1) is 15.8. The topological polar surface area (TPSA) is 80.0 Å². The molecule has 170 valence electrons. The van der Waals surface area contributed by atoms with Gasteiger partial charge in [0.1, 0.15) is 17.3 Å². The fraction of sp³-hybridized carbons (Fsp3) is 0.231. The molecule has 0 aliphatic carbocycles. The second kappa shape index (κ2) is 9.16. The van der Waals surface area contributed by atoms with E-state index in [0.29, 0.717) is 23.0 Å². The summed E-state index contributed by atoms with van der Waals surface area (Å²) >= 11 is 6.34. The molecule has 6 nitrogen and oxygen atoms in total. The number of furan rings is 1. The van der Waals surface area contributed by atoms with Crippen LogP contribution in [0.15, 0.2) is 70.9 Å². The number of benzene rings is 2. The van der Waals surface area contributed by atoms with Gasteiger partial charge in [-0.15, -0.1) is 0 Å². The standard InChI is InChI=1S/C26H24ClNO5/c1-15(2)16-6-8-17(9-7-16)23-22(24(29)20-13-18(32-3)10-11-21(20)27)25(30)26(31)28(23)14-19-5-4-12-33-19/h4-13,15,23,29H,14H2,1-3H3/b24-22+. The monoisotopic (exact) mass is 465 g/mol. The number of hydrogen-bond acceptors (Lipinski definition) is 5. The van der Waals surface area contributed by atoms with Crippen molar-refractivity contribution >= 4 is 29.1 Å². The Morgan fingerprint density at radius 3 is 2.48 bits per heavy atom. The number of Topliss-reactive ketones (excluding diaryl/α,β-unsaturated/α-hetero) is 1. The SMILES string of the molecule is COc1ccc(Cl)c(/C(O)=C2\C(=O)C(=O)N(Cc3ccco3)C2c2ccc(C(C)C)cc2)c1. The molecule has 1 aliphatic heterocycles. The summed E-state index contributed by atoms with van der Waals surface area (Å²) in [5.74, 6) is -0.536. The molecule has 0 bridgehead atoms. The number of nitrogens with zero attached hydrogens (tertiary/aromatic N) is 1. The first-order valence-electron chi connectivity index (χ1n) is 10.6. The lowest BCUT2D eigenvalue weighted by Crippen LogP contribution is -2.29. The Labute approximate surface area is 197 Å². The number of halogens is 1. The van der Waals surface area contributed by atoms with Crippen molar-refractivity contribution in [1.82, 2.24) is 4.90 Å². The van der Waals surface area contributed by atoms with Gasteiger partial charge in [-0.25, -0.2) is 0 Å². The normalized spacial score (nSPS) is 17.7. The fourth-order valence-corrected chi connectivity index (χ4v) is 4.19. The molecular weight excluding hydrogens is 442 g/mol.